The summed E-state index contributed by atoms with van der Waals surface area (Å²) in [7, 11) is -3.89. The summed E-state index contributed by atoms with van der Waals surface area (Å²) in [4.78, 5) is 1.67. The van der Waals surface area contributed by atoms with Crippen molar-refractivity contribution in [2.24, 2.45) is 0 Å². The first-order valence-electron chi connectivity index (χ1n) is 7.63. The molecule has 2 aromatic rings. The van der Waals surface area contributed by atoms with Crippen molar-refractivity contribution in [3.05, 3.63) is 59.7 Å². The number of piperazine rings is 1. The number of hydrogen-bond acceptors (Lipinski definition) is 4. The van der Waals surface area contributed by atoms with E-state index in [0.29, 0.717) is 24.7 Å². The largest absolute Gasteiger partial charge is 0.368 e. The third-order valence-electron chi connectivity index (χ3n) is 4.13. The highest BCUT2D eigenvalue weighted by Crippen LogP contribution is 2.24. The first-order valence-corrected chi connectivity index (χ1v) is 9.07. The molecule has 0 spiro atoms. The molecule has 0 radical (unpaired) electrons. The van der Waals surface area contributed by atoms with Gasteiger partial charge in [0.2, 0.25) is 10.0 Å². The molecule has 1 fully saturated rings. The van der Waals surface area contributed by atoms with Crippen molar-refractivity contribution in [3.8, 4) is 6.07 Å². The van der Waals surface area contributed by atoms with Gasteiger partial charge in [-0.25, -0.2) is 17.2 Å². The van der Waals surface area contributed by atoms with E-state index in [1.54, 1.807) is 12.1 Å². The average molecular weight is 363 g/mol. The topological polar surface area (TPSA) is 64.4 Å². The van der Waals surface area contributed by atoms with Crippen LogP contribution in [0.2, 0.25) is 0 Å². The van der Waals surface area contributed by atoms with E-state index in [-0.39, 0.29) is 18.0 Å². The van der Waals surface area contributed by atoms with Crippen LogP contribution in [0.15, 0.2) is 47.4 Å². The van der Waals surface area contributed by atoms with E-state index in [9.17, 15) is 22.5 Å². The van der Waals surface area contributed by atoms with Crippen LogP contribution in [0.25, 0.3) is 0 Å². The maximum atomic E-state index is 13.3. The van der Waals surface area contributed by atoms with Gasteiger partial charge >= 0.3 is 0 Å². The predicted octanol–water partition coefficient (Wildman–Crippen LogP) is 2.35. The Hall–Kier alpha value is -2.50. The van der Waals surface area contributed by atoms with Crippen LogP contribution in [0.3, 0.4) is 0 Å². The first-order chi connectivity index (χ1) is 11.9. The Kier molecular flexibility index (Phi) is 4.70. The zero-order valence-electron chi connectivity index (χ0n) is 13.2. The number of anilines is 1. The summed E-state index contributed by atoms with van der Waals surface area (Å²) < 4.78 is 52.8. The minimum absolute atomic E-state index is 0.196. The first kappa shape index (κ1) is 17.3. The molecule has 0 N–H and O–H groups in total. The number of rotatable bonds is 3. The number of hydrogen-bond donors (Lipinski definition) is 0. The quantitative estimate of drug-likeness (QED) is 0.840. The molecule has 8 heteroatoms. The lowest BCUT2D eigenvalue weighted by atomic mass is 10.1. The summed E-state index contributed by atoms with van der Waals surface area (Å²) in [5.74, 6) is -2.28. The predicted molar refractivity (Wildman–Crippen MR) is 88.5 cm³/mol. The molecule has 1 saturated heterocycles. The van der Waals surface area contributed by atoms with Gasteiger partial charge in [0, 0.05) is 26.2 Å². The molecular weight excluding hydrogens is 348 g/mol. The SMILES string of the molecule is N#Cc1ccccc1N1CCN(S(=O)(=O)c2ccc(F)c(F)c2)CC1. The van der Waals surface area contributed by atoms with Gasteiger partial charge in [-0.3, -0.25) is 0 Å². The Morgan fingerprint density at radius 1 is 0.960 bits per heavy atom. The highest BCUT2D eigenvalue weighted by Gasteiger charge is 2.29. The van der Waals surface area contributed by atoms with Crippen LogP contribution in [-0.2, 0) is 10.0 Å². The molecule has 0 bridgehead atoms. The van der Waals surface area contributed by atoms with Gasteiger partial charge in [-0.2, -0.15) is 9.57 Å². The van der Waals surface area contributed by atoms with Crippen LogP contribution in [0.1, 0.15) is 5.56 Å². The number of nitrogens with zero attached hydrogens (tertiary/aromatic N) is 3. The zero-order valence-corrected chi connectivity index (χ0v) is 14.0. The molecule has 0 aromatic heterocycles. The highest BCUT2D eigenvalue weighted by molar-refractivity contribution is 7.89. The van der Waals surface area contributed by atoms with Gasteiger partial charge in [0.1, 0.15) is 6.07 Å². The second-order valence-corrected chi connectivity index (χ2v) is 7.53. The summed E-state index contributed by atoms with van der Waals surface area (Å²) in [6.45, 7) is 1.20. The fourth-order valence-corrected chi connectivity index (χ4v) is 4.23. The number of sulfonamides is 1. The Morgan fingerprint density at radius 3 is 2.28 bits per heavy atom. The number of para-hydroxylation sites is 1. The van der Waals surface area contributed by atoms with Crippen molar-refractivity contribution >= 4 is 15.7 Å². The minimum atomic E-state index is -3.89. The van der Waals surface area contributed by atoms with E-state index in [2.05, 4.69) is 6.07 Å². The van der Waals surface area contributed by atoms with Gasteiger partial charge in [-0.1, -0.05) is 12.1 Å². The molecule has 130 valence electrons. The van der Waals surface area contributed by atoms with Gasteiger partial charge in [-0.05, 0) is 30.3 Å². The number of halogens is 2. The van der Waals surface area contributed by atoms with Gasteiger partial charge in [0.05, 0.1) is 16.1 Å². The molecule has 0 saturated carbocycles. The number of benzene rings is 2. The Morgan fingerprint density at radius 2 is 1.64 bits per heavy atom. The maximum Gasteiger partial charge on any atom is 0.243 e. The van der Waals surface area contributed by atoms with Gasteiger partial charge in [0.15, 0.2) is 11.6 Å². The molecule has 1 aliphatic rings. The lowest BCUT2D eigenvalue weighted by molar-refractivity contribution is 0.384. The van der Waals surface area contributed by atoms with E-state index >= 15 is 0 Å². The van der Waals surface area contributed by atoms with Crippen molar-refractivity contribution in [2.75, 3.05) is 31.1 Å². The minimum Gasteiger partial charge on any atom is -0.368 e. The van der Waals surface area contributed by atoms with E-state index in [0.717, 1.165) is 17.8 Å². The Balaban J connectivity index is 1.77. The highest BCUT2D eigenvalue weighted by atomic mass is 32.2. The van der Waals surface area contributed by atoms with E-state index in [1.165, 1.54) is 4.31 Å². The summed E-state index contributed by atoms with van der Waals surface area (Å²) in [6, 6.07) is 11.8. The van der Waals surface area contributed by atoms with Crippen LogP contribution in [-0.4, -0.2) is 38.9 Å². The molecule has 0 atom stereocenters. The van der Waals surface area contributed by atoms with Crippen molar-refractivity contribution in [3.63, 3.8) is 0 Å². The smallest absolute Gasteiger partial charge is 0.243 e. The standard InChI is InChI=1S/C17H15F2N3O2S/c18-15-6-5-14(11-16(15)19)25(23,24)22-9-7-21(8-10-22)17-4-2-1-3-13(17)12-20/h1-6,11H,7-10H2. The van der Waals surface area contributed by atoms with E-state index in [1.807, 2.05) is 17.0 Å². The molecule has 25 heavy (non-hydrogen) atoms. The lowest BCUT2D eigenvalue weighted by Gasteiger charge is -2.35. The Bertz CT molecular complexity index is 933. The Labute approximate surface area is 144 Å². The third-order valence-corrected chi connectivity index (χ3v) is 6.03. The van der Waals surface area contributed by atoms with Crippen molar-refractivity contribution in [1.29, 1.82) is 5.26 Å². The summed E-state index contributed by atoms with van der Waals surface area (Å²) >= 11 is 0. The molecule has 1 aliphatic heterocycles. The van der Waals surface area contributed by atoms with Crippen molar-refractivity contribution in [1.82, 2.24) is 4.31 Å². The summed E-state index contributed by atoms with van der Waals surface area (Å²) in [6.07, 6.45) is 0. The van der Waals surface area contributed by atoms with Crippen LogP contribution in [0, 0.1) is 23.0 Å². The monoisotopic (exact) mass is 363 g/mol. The van der Waals surface area contributed by atoms with Crippen LogP contribution in [0.4, 0.5) is 14.5 Å². The third kappa shape index (κ3) is 3.34. The zero-order chi connectivity index (χ0) is 18.0. The van der Waals surface area contributed by atoms with Crippen LogP contribution >= 0.6 is 0 Å². The maximum absolute atomic E-state index is 13.3. The van der Waals surface area contributed by atoms with Gasteiger partial charge < -0.3 is 4.90 Å². The second kappa shape index (κ2) is 6.78. The van der Waals surface area contributed by atoms with Crippen molar-refractivity contribution in [2.45, 2.75) is 4.90 Å². The molecule has 2 aromatic carbocycles. The summed E-state index contributed by atoms with van der Waals surface area (Å²) in [5, 5.41) is 9.18. The molecule has 0 unspecified atom stereocenters. The molecule has 1 heterocycles. The lowest BCUT2D eigenvalue weighted by Crippen LogP contribution is -2.48. The van der Waals surface area contributed by atoms with Crippen LogP contribution in [0.5, 0.6) is 0 Å². The second-order valence-electron chi connectivity index (χ2n) is 5.60. The summed E-state index contributed by atoms with van der Waals surface area (Å²) in [5.41, 5.74) is 1.29. The number of nitriles is 1. The molecule has 0 aliphatic carbocycles. The molecule has 3 rings (SSSR count). The molecular formula is C17H15F2N3O2S. The van der Waals surface area contributed by atoms with Crippen molar-refractivity contribution < 1.29 is 17.2 Å². The normalized spacial score (nSPS) is 15.8. The molecule has 0 amide bonds. The van der Waals surface area contributed by atoms with Gasteiger partial charge in [0.25, 0.3) is 0 Å². The molecule has 5 nitrogen and oxygen atoms in total. The average Bonchev–Trinajstić information content (AvgIpc) is 2.64. The van der Waals surface area contributed by atoms with E-state index < -0.39 is 21.7 Å². The van der Waals surface area contributed by atoms with Gasteiger partial charge in [-0.15, -0.1) is 0 Å². The fourth-order valence-electron chi connectivity index (χ4n) is 2.80. The van der Waals surface area contributed by atoms with Crippen LogP contribution < -0.4 is 4.90 Å². The fraction of sp³-hybridized carbons (Fsp3) is 0.235. The van der Waals surface area contributed by atoms with E-state index in [4.69, 9.17) is 0 Å².